The fourth-order valence-electron chi connectivity index (χ4n) is 7.18. The summed E-state index contributed by atoms with van der Waals surface area (Å²) < 4.78 is 6.83. The van der Waals surface area contributed by atoms with Gasteiger partial charge in [0.1, 0.15) is 11.5 Å². The van der Waals surface area contributed by atoms with Gasteiger partial charge in [-0.15, -0.1) is 10.2 Å². The van der Waals surface area contributed by atoms with Crippen LogP contribution < -0.4 is 4.74 Å². The SMILES string of the molecule is c1ccc(-c2ccc(-c3ccc(-c4cccc5c4Oc4ccccc4C54c5ccccc5-c5ccccc54)cc3)nn2)cc1. The summed E-state index contributed by atoms with van der Waals surface area (Å²) in [6.07, 6.45) is 0. The third-order valence-electron chi connectivity index (χ3n) is 9.10. The summed E-state index contributed by atoms with van der Waals surface area (Å²) in [6.45, 7) is 0. The Kier molecular flexibility index (Phi) is 5.41. The van der Waals surface area contributed by atoms with Crippen LogP contribution in [0.1, 0.15) is 22.3 Å². The van der Waals surface area contributed by atoms with Crippen molar-refractivity contribution in [2.75, 3.05) is 0 Å². The molecule has 0 saturated heterocycles. The number of ether oxygens (including phenoxy) is 1. The van der Waals surface area contributed by atoms with Crippen LogP contribution in [0.4, 0.5) is 0 Å². The molecule has 206 valence electrons. The second kappa shape index (κ2) is 9.62. The summed E-state index contributed by atoms with van der Waals surface area (Å²) >= 11 is 0. The predicted octanol–water partition coefficient (Wildman–Crippen LogP) is 9.95. The molecule has 0 radical (unpaired) electrons. The molecule has 0 fully saturated rings. The quantitative estimate of drug-likeness (QED) is 0.215. The third-order valence-corrected chi connectivity index (χ3v) is 9.10. The molecule has 3 heteroatoms. The summed E-state index contributed by atoms with van der Waals surface area (Å²) in [5, 5.41) is 9.03. The van der Waals surface area contributed by atoms with Crippen LogP contribution in [0.2, 0.25) is 0 Å². The van der Waals surface area contributed by atoms with E-state index in [0.717, 1.165) is 50.7 Å². The van der Waals surface area contributed by atoms with Gasteiger partial charge in [-0.25, -0.2) is 0 Å². The fraction of sp³-hybridized carbons (Fsp3) is 0.0244. The standard InChI is InChI=1S/C41H26N2O/c1-2-11-28(12-3-1)37-25-26-38(43-42-37)29-23-21-27(22-24-29)30-15-10-19-36-40(30)44-39-20-9-8-18-35(39)41(36)33-16-6-4-13-31(33)32-14-5-7-17-34(32)41/h1-26H. The number of nitrogens with zero attached hydrogens (tertiary/aromatic N) is 2. The van der Waals surface area contributed by atoms with E-state index in [1.165, 1.54) is 27.8 Å². The van der Waals surface area contributed by atoms with Crippen LogP contribution >= 0.6 is 0 Å². The van der Waals surface area contributed by atoms with Crippen molar-refractivity contribution < 1.29 is 4.74 Å². The molecule has 2 heterocycles. The Morgan fingerprint density at radius 2 is 0.864 bits per heavy atom. The van der Waals surface area contributed by atoms with Gasteiger partial charge in [0.05, 0.1) is 16.8 Å². The van der Waals surface area contributed by atoms with E-state index in [0.29, 0.717) is 0 Å². The second-order valence-corrected chi connectivity index (χ2v) is 11.4. The molecule has 0 atom stereocenters. The number of hydrogen-bond acceptors (Lipinski definition) is 3. The van der Waals surface area contributed by atoms with Gasteiger partial charge in [-0.1, -0.05) is 140 Å². The first kappa shape index (κ1) is 24.8. The van der Waals surface area contributed by atoms with E-state index < -0.39 is 5.41 Å². The molecule has 1 aliphatic heterocycles. The van der Waals surface area contributed by atoms with Gasteiger partial charge in [0.15, 0.2) is 0 Å². The van der Waals surface area contributed by atoms with Crippen molar-refractivity contribution in [2.24, 2.45) is 0 Å². The lowest BCUT2D eigenvalue weighted by molar-refractivity contribution is 0.438. The first-order chi connectivity index (χ1) is 21.8. The van der Waals surface area contributed by atoms with Gasteiger partial charge in [0.2, 0.25) is 0 Å². The van der Waals surface area contributed by atoms with Crippen LogP contribution in [0, 0.1) is 0 Å². The molecule has 3 nitrogen and oxygen atoms in total. The van der Waals surface area contributed by atoms with Gasteiger partial charge in [0, 0.05) is 27.8 Å². The van der Waals surface area contributed by atoms with E-state index in [4.69, 9.17) is 4.74 Å². The minimum absolute atomic E-state index is 0.469. The van der Waals surface area contributed by atoms with E-state index in [1.807, 2.05) is 42.5 Å². The number of aromatic nitrogens is 2. The van der Waals surface area contributed by atoms with Crippen LogP contribution in [0.5, 0.6) is 11.5 Å². The highest BCUT2D eigenvalue weighted by molar-refractivity contribution is 5.90. The largest absolute Gasteiger partial charge is 0.456 e. The second-order valence-electron chi connectivity index (χ2n) is 11.4. The zero-order valence-electron chi connectivity index (χ0n) is 23.8. The molecule has 9 rings (SSSR count). The smallest absolute Gasteiger partial charge is 0.140 e. The Morgan fingerprint density at radius 1 is 0.364 bits per heavy atom. The number of rotatable bonds is 3. The fourth-order valence-corrected chi connectivity index (χ4v) is 7.18. The summed E-state index contributed by atoms with van der Waals surface area (Å²) in [7, 11) is 0. The number of fused-ring (bicyclic) bond motifs is 9. The van der Waals surface area contributed by atoms with E-state index >= 15 is 0 Å². The van der Waals surface area contributed by atoms with Crippen molar-refractivity contribution >= 4 is 0 Å². The van der Waals surface area contributed by atoms with Gasteiger partial charge in [-0.05, 0) is 46.0 Å². The summed E-state index contributed by atoms with van der Waals surface area (Å²) in [5.74, 6) is 1.79. The molecule has 1 aliphatic carbocycles. The molecule has 6 aromatic carbocycles. The summed E-state index contributed by atoms with van der Waals surface area (Å²) in [5.41, 5.74) is 13.0. The highest BCUT2D eigenvalue weighted by Gasteiger charge is 2.51. The minimum Gasteiger partial charge on any atom is -0.456 e. The number of para-hydroxylation sites is 2. The molecule has 0 N–H and O–H groups in total. The van der Waals surface area contributed by atoms with E-state index in [9.17, 15) is 0 Å². The highest BCUT2D eigenvalue weighted by atomic mass is 16.5. The van der Waals surface area contributed by atoms with Crippen molar-refractivity contribution in [1.82, 2.24) is 10.2 Å². The summed E-state index contributed by atoms with van der Waals surface area (Å²) in [4.78, 5) is 0. The van der Waals surface area contributed by atoms with E-state index in [2.05, 4.69) is 125 Å². The lowest BCUT2D eigenvalue weighted by Crippen LogP contribution is -2.32. The maximum atomic E-state index is 6.83. The molecule has 44 heavy (non-hydrogen) atoms. The van der Waals surface area contributed by atoms with Crippen LogP contribution in [0.3, 0.4) is 0 Å². The van der Waals surface area contributed by atoms with E-state index in [1.54, 1.807) is 0 Å². The Bertz CT molecular complexity index is 2140. The molecule has 7 aromatic rings. The van der Waals surface area contributed by atoms with Crippen molar-refractivity contribution in [3.8, 4) is 56.3 Å². The van der Waals surface area contributed by atoms with Crippen LogP contribution in [-0.2, 0) is 5.41 Å². The zero-order chi connectivity index (χ0) is 29.1. The monoisotopic (exact) mass is 562 g/mol. The third kappa shape index (κ3) is 3.50. The average Bonchev–Trinajstić information content (AvgIpc) is 3.40. The summed E-state index contributed by atoms with van der Waals surface area (Å²) in [6, 6.07) is 55.5. The molecule has 0 bridgehead atoms. The Labute approximate surface area is 256 Å². The molecule has 2 aliphatic rings. The Morgan fingerprint density at radius 3 is 1.52 bits per heavy atom. The molecular formula is C41H26N2O. The van der Waals surface area contributed by atoms with Gasteiger partial charge in [-0.3, -0.25) is 0 Å². The first-order valence-corrected chi connectivity index (χ1v) is 14.9. The minimum atomic E-state index is -0.469. The number of benzene rings is 6. The molecule has 0 unspecified atom stereocenters. The maximum Gasteiger partial charge on any atom is 0.140 e. The lowest BCUT2D eigenvalue weighted by atomic mass is 9.65. The topological polar surface area (TPSA) is 35.0 Å². The molecule has 1 spiro atoms. The molecule has 0 saturated carbocycles. The van der Waals surface area contributed by atoms with Crippen LogP contribution in [-0.4, -0.2) is 10.2 Å². The predicted molar refractivity (Wildman–Crippen MR) is 176 cm³/mol. The van der Waals surface area contributed by atoms with Crippen molar-refractivity contribution in [2.45, 2.75) is 5.41 Å². The van der Waals surface area contributed by atoms with Gasteiger partial charge >= 0.3 is 0 Å². The van der Waals surface area contributed by atoms with Gasteiger partial charge < -0.3 is 4.74 Å². The van der Waals surface area contributed by atoms with Crippen LogP contribution in [0.15, 0.2) is 158 Å². The Hall–Kier alpha value is -5.80. The van der Waals surface area contributed by atoms with Gasteiger partial charge in [0.25, 0.3) is 0 Å². The van der Waals surface area contributed by atoms with Gasteiger partial charge in [-0.2, -0.15) is 0 Å². The highest BCUT2D eigenvalue weighted by Crippen LogP contribution is 2.63. The van der Waals surface area contributed by atoms with Crippen molar-refractivity contribution in [3.63, 3.8) is 0 Å². The normalized spacial score (nSPS) is 13.4. The molecule has 0 amide bonds. The van der Waals surface area contributed by atoms with E-state index in [-0.39, 0.29) is 0 Å². The average molecular weight is 563 g/mol. The van der Waals surface area contributed by atoms with Crippen molar-refractivity contribution in [3.05, 3.63) is 180 Å². The lowest BCUT2D eigenvalue weighted by Gasteiger charge is -2.40. The van der Waals surface area contributed by atoms with Crippen LogP contribution in [0.25, 0.3) is 44.8 Å². The zero-order valence-corrected chi connectivity index (χ0v) is 23.8. The molecular weight excluding hydrogens is 536 g/mol. The van der Waals surface area contributed by atoms with Crippen molar-refractivity contribution in [1.29, 1.82) is 0 Å². The first-order valence-electron chi connectivity index (χ1n) is 14.9. The maximum absolute atomic E-state index is 6.83. The molecule has 1 aromatic heterocycles. The number of hydrogen-bond donors (Lipinski definition) is 0. The Balaban J connectivity index is 1.18.